The third kappa shape index (κ3) is 4.18. The first kappa shape index (κ1) is 17.4. The Hall–Kier alpha value is -2.38. The number of piperazine rings is 1. The Morgan fingerprint density at radius 3 is 2.80 bits per heavy atom. The fourth-order valence-electron chi connectivity index (χ4n) is 3.05. The first-order chi connectivity index (χ1) is 12.2. The van der Waals surface area contributed by atoms with E-state index in [1.54, 1.807) is 13.3 Å². The van der Waals surface area contributed by atoms with Gasteiger partial charge in [0.25, 0.3) is 0 Å². The second kappa shape index (κ2) is 8.13. The summed E-state index contributed by atoms with van der Waals surface area (Å²) in [5, 5.41) is 7.69. The number of hydrogen-bond acceptors (Lipinski definition) is 5. The van der Waals surface area contributed by atoms with Crippen LogP contribution in [0.2, 0.25) is 0 Å². The van der Waals surface area contributed by atoms with Crippen LogP contribution in [0, 0.1) is 0 Å². The average Bonchev–Trinajstić information content (AvgIpc) is 3.10. The van der Waals surface area contributed by atoms with Crippen LogP contribution in [0.25, 0.3) is 5.69 Å². The Bertz CT molecular complexity index is 709. The highest BCUT2D eigenvalue weighted by Gasteiger charge is 2.18. The van der Waals surface area contributed by atoms with Crippen LogP contribution in [0.1, 0.15) is 5.69 Å². The highest BCUT2D eigenvalue weighted by molar-refractivity contribution is 5.78. The van der Waals surface area contributed by atoms with Gasteiger partial charge in [0.05, 0.1) is 19.3 Å². The normalized spacial score (nSPS) is 14.8. The minimum absolute atomic E-state index is 0.173. The quantitative estimate of drug-likeness (QED) is 0.838. The van der Waals surface area contributed by atoms with Crippen LogP contribution in [0.15, 0.2) is 36.5 Å². The monoisotopic (exact) mass is 343 g/mol. The summed E-state index contributed by atoms with van der Waals surface area (Å²) in [4.78, 5) is 16.3. The first-order valence-corrected chi connectivity index (χ1v) is 8.52. The van der Waals surface area contributed by atoms with Crippen molar-refractivity contribution in [2.24, 2.45) is 0 Å². The third-order valence-electron chi connectivity index (χ3n) is 4.34. The second-order valence-electron chi connectivity index (χ2n) is 6.21. The summed E-state index contributed by atoms with van der Waals surface area (Å²) in [6.45, 7) is 4.34. The molecule has 1 aromatic carbocycles. The zero-order valence-corrected chi connectivity index (χ0v) is 14.8. The molecule has 1 saturated heterocycles. The molecule has 1 N–H and O–H groups in total. The van der Waals surface area contributed by atoms with Crippen LogP contribution in [0.3, 0.4) is 0 Å². The molecular formula is C18H25N5O2. The van der Waals surface area contributed by atoms with E-state index >= 15 is 0 Å². The van der Waals surface area contributed by atoms with Gasteiger partial charge in [-0.05, 0) is 25.2 Å². The summed E-state index contributed by atoms with van der Waals surface area (Å²) in [5.74, 6) is 0.944. The molecule has 2 heterocycles. The molecule has 3 rings (SSSR count). The smallest absolute Gasteiger partial charge is 0.236 e. The van der Waals surface area contributed by atoms with E-state index in [9.17, 15) is 4.79 Å². The molecular weight excluding hydrogens is 318 g/mol. The fourth-order valence-corrected chi connectivity index (χ4v) is 3.05. The summed E-state index contributed by atoms with van der Waals surface area (Å²) in [6, 6.07) is 9.75. The number of nitrogens with one attached hydrogen (secondary N) is 1. The van der Waals surface area contributed by atoms with Crippen molar-refractivity contribution in [3.05, 3.63) is 42.2 Å². The zero-order valence-electron chi connectivity index (χ0n) is 14.8. The van der Waals surface area contributed by atoms with E-state index in [-0.39, 0.29) is 5.91 Å². The summed E-state index contributed by atoms with van der Waals surface area (Å²) in [7, 11) is 3.61. The van der Waals surface area contributed by atoms with Gasteiger partial charge in [-0.3, -0.25) is 9.69 Å². The number of rotatable bonds is 6. The number of carbonyl (C=O) groups excluding carboxylic acids is 1. The predicted molar refractivity (Wildman–Crippen MR) is 95.9 cm³/mol. The van der Waals surface area contributed by atoms with Crippen molar-refractivity contribution in [2.45, 2.75) is 6.54 Å². The number of benzene rings is 1. The maximum atomic E-state index is 12.4. The molecule has 0 atom stereocenters. The topological polar surface area (TPSA) is 62.6 Å². The number of likely N-dealkylation sites (N-methyl/N-ethyl adjacent to an activating group) is 1. The summed E-state index contributed by atoms with van der Waals surface area (Å²) >= 11 is 0. The number of aromatic nitrogens is 2. The van der Waals surface area contributed by atoms with Crippen LogP contribution < -0.4 is 10.1 Å². The summed E-state index contributed by atoms with van der Waals surface area (Å²) in [5.41, 5.74) is 1.91. The van der Waals surface area contributed by atoms with Crippen LogP contribution in [0.5, 0.6) is 5.75 Å². The molecule has 1 fully saturated rings. The molecule has 1 aliphatic rings. The van der Waals surface area contributed by atoms with Gasteiger partial charge >= 0.3 is 0 Å². The molecule has 7 nitrogen and oxygen atoms in total. The fraction of sp³-hybridized carbons (Fsp3) is 0.444. The number of nitrogens with zero attached hydrogens (tertiary/aromatic N) is 4. The molecule has 0 aliphatic carbocycles. The van der Waals surface area contributed by atoms with E-state index in [1.807, 2.05) is 51.9 Å². The molecule has 1 amide bonds. The van der Waals surface area contributed by atoms with Gasteiger partial charge in [0.1, 0.15) is 11.4 Å². The van der Waals surface area contributed by atoms with Crippen LogP contribution >= 0.6 is 0 Å². The van der Waals surface area contributed by atoms with Gasteiger partial charge < -0.3 is 15.0 Å². The van der Waals surface area contributed by atoms with Gasteiger partial charge in [-0.25, -0.2) is 4.68 Å². The lowest BCUT2D eigenvalue weighted by molar-refractivity contribution is -0.132. The van der Waals surface area contributed by atoms with Gasteiger partial charge in [0, 0.05) is 38.9 Å². The lowest BCUT2D eigenvalue weighted by Gasteiger charge is -2.29. The Morgan fingerprint density at radius 1 is 1.28 bits per heavy atom. The zero-order chi connectivity index (χ0) is 17.6. The minimum atomic E-state index is 0.173. The standard InChI is InChI=1S/C18H25N5O2/c1-21(14-18(24)22-11-9-19-10-12-22)13-15-7-8-20-23(15)16-5-3-4-6-17(16)25-2/h3-8,19H,9-14H2,1-2H3. The number of amides is 1. The molecule has 0 bridgehead atoms. The molecule has 0 unspecified atom stereocenters. The van der Waals surface area contributed by atoms with Gasteiger partial charge in [0.15, 0.2) is 0 Å². The van der Waals surface area contributed by atoms with Crippen molar-refractivity contribution in [3.63, 3.8) is 0 Å². The number of methoxy groups -OCH3 is 1. The molecule has 134 valence electrons. The highest BCUT2D eigenvalue weighted by atomic mass is 16.5. The van der Waals surface area contributed by atoms with Gasteiger partial charge in [-0.1, -0.05) is 12.1 Å². The van der Waals surface area contributed by atoms with Crippen molar-refractivity contribution in [3.8, 4) is 11.4 Å². The van der Waals surface area contributed by atoms with E-state index in [2.05, 4.69) is 10.4 Å². The maximum Gasteiger partial charge on any atom is 0.236 e. The second-order valence-corrected chi connectivity index (χ2v) is 6.21. The molecule has 2 aromatic rings. The van der Waals surface area contributed by atoms with Crippen molar-refractivity contribution in [1.82, 2.24) is 24.9 Å². The number of hydrogen-bond donors (Lipinski definition) is 1. The lowest BCUT2D eigenvalue weighted by atomic mass is 10.2. The Labute approximate surface area is 148 Å². The van der Waals surface area contributed by atoms with Crippen molar-refractivity contribution in [1.29, 1.82) is 0 Å². The number of ether oxygens (including phenoxy) is 1. The van der Waals surface area contributed by atoms with Crippen LogP contribution in [-0.2, 0) is 11.3 Å². The molecule has 0 saturated carbocycles. The minimum Gasteiger partial charge on any atom is -0.494 e. The molecule has 0 spiro atoms. The summed E-state index contributed by atoms with van der Waals surface area (Å²) < 4.78 is 7.30. The Balaban J connectivity index is 1.67. The number of carbonyl (C=O) groups is 1. The van der Waals surface area contributed by atoms with E-state index in [0.29, 0.717) is 13.1 Å². The predicted octanol–water partition coefficient (Wildman–Crippen LogP) is 0.745. The third-order valence-corrected chi connectivity index (χ3v) is 4.34. The average molecular weight is 343 g/mol. The van der Waals surface area contributed by atoms with Crippen molar-refractivity contribution >= 4 is 5.91 Å². The van der Waals surface area contributed by atoms with E-state index in [1.165, 1.54) is 0 Å². The van der Waals surface area contributed by atoms with E-state index in [4.69, 9.17) is 4.74 Å². The van der Waals surface area contributed by atoms with Gasteiger partial charge in [0.2, 0.25) is 5.91 Å². The first-order valence-electron chi connectivity index (χ1n) is 8.52. The Morgan fingerprint density at radius 2 is 2.04 bits per heavy atom. The molecule has 25 heavy (non-hydrogen) atoms. The van der Waals surface area contributed by atoms with Crippen LogP contribution in [-0.4, -0.2) is 72.4 Å². The van der Waals surface area contributed by atoms with E-state index < -0.39 is 0 Å². The molecule has 0 radical (unpaired) electrons. The molecule has 7 heteroatoms. The van der Waals surface area contributed by atoms with Gasteiger partial charge in [-0.15, -0.1) is 0 Å². The summed E-state index contributed by atoms with van der Waals surface area (Å²) in [6.07, 6.45) is 1.77. The maximum absolute atomic E-state index is 12.4. The lowest BCUT2D eigenvalue weighted by Crippen LogP contribution is -2.49. The molecule has 1 aromatic heterocycles. The number of para-hydroxylation sites is 2. The van der Waals surface area contributed by atoms with Crippen molar-refractivity contribution < 1.29 is 9.53 Å². The Kier molecular flexibility index (Phi) is 5.67. The highest BCUT2D eigenvalue weighted by Crippen LogP contribution is 2.23. The van der Waals surface area contributed by atoms with Gasteiger partial charge in [-0.2, -0.15) is 5.10 Å². The molecule has 1 aliphatic heterocycles. The van der Waals surface area contributed by atoms with Crippen molar-refractivity contribution in [2.75, 3.05) is 46.9 Å². The van der Waals surface area contributed by atoms with Crippen LogP contribution in [0.4, 0.5) is 0 Å². The SMILES string of the molecule is COc1ccccc1-n1nccc1CN(C)CC(=O)N1CCNCC1. The van der Waals surface area contributed by atoms with E-state index in [0.717, 1.165) is 43.3 Å². The largest absolute Gasteiger partial charge is 0.494 e.